The van der Waals surface area contributed by atoms with E-state index in [-0.39, 0.29) is 28.8 Å². The predicted molar refractivity (Wildman–Crippen MR) is 88.0 cm³/mol. The Kier molecular flexibility index (Phi) is 5.69. The number of sulfonamides is 1. The van der Waals surface area contributed by atoms with E-state index in [0.29, 0.717) is 12.8 Å². The van der Waals surface area contributed by atoms with Crippen LogP contribution in [0.2, 0.25) is 0 Å². The Balaban J connectivity index is 2.44. The van der Waals surface area contributed by atoms with Crippen molar-refractivity contribution in [2.75, 3.05) is 20.8 Å². The number of methoxy groups -OCH3 is 2. The molecule has 8 nitrogen and oxygen atoms in total. The van der Waals surface area contributed by atoms with Crippen molar-refractivity contribution in [3.63, 3.8) is 0 Å². The molecule has 0 aromatic heterocycles. The number of rotatable bonds is 5. The number of carboxylic acid groups (broad SMARTS) is 1. The zero-order valence-electron chi connectivity index (χ0n) is 14.3. The minimum absolute atomic E-state index is 0.00878. The summed E-state index contributed by atoms with van der Waals surface area (Å²) in [6.07, 6.45) is 0.884. The SMILES string of the molecule is COC(=O)c1cc(S(=O)(=O)N2CC(C(=O)O)CCC2C)ccc1OC. The lowest BCUT2D eigenvalue weighted by atomic mass is 9.96. The van der Waals surface area contributed by atoms with Gasteiger partial charge in [0.05, 0.1) is 25.0 Å². The maximum atomic E-state index is 13.0. The van der Waals surface area contributed by atoms with Crippen LogP contribution in [0, 0.1) is 5.92 Å². The van der Waals surface area contributed by atoms with Crippen LogP contribution in [0.5, 0.6) is 5.75 Å². The van der Waals surface area contributed by atoms with E-state index >= 15 is 0 Å². The lowest BCUT2D eigenvalue weighted by Gasteiger charge is -2.35. The van der Waals surface area contributed by atoms with E-state index in [9.17, 15) is 23.1 Å². The Hall–Kier alpha value is -2.13. The lowest BCUT2D eigenvalue weighted by Crippen LogP contribution is -2.47. The van der Waals surface area contributed by atoms with Gasteiger partial charge in [-0.1, -0.05) is 0 Å². The molecule has 0 radical (unpaired) electrons. The van der Waals surface area contributed by atoms with Crippen molar-refractivity contribution in [1.29, 1.82) is 0 Å². The van der Waals surface area contributed by atoms with Gasteiger partial charge in [0.1, 0.15) is 11.3 Å². The summed E-state index contributed by atoms with van der Waals surface area (Å²) in [7, 11) is -1.41. The highest BCUT2D eigenvalue weighted by molar-refractivity contribution is 7.89. The molecule has 2 atom stereocenters. The molecule has 138 valence electrons. The molecule has 0 amide bonds. The Labute approximate surface area is 146 Å². The van der Waals surface area contributed by atoms with Crippen LogP contribution < -0.4 is 4.74 Å². The van der Waals surface area contributed by atoms with E-state index < -0.39 is 27.9 Å². The summed E-state index contributed by atoms with van der Waals surface area (Å²) in [5.41, 5.74) is -0.00878. The molecule has 0 saturated carbocycles. The molecule has 1 fully saturated rings. The molecule has 25 heavy (non-hydrogen) atoms. The maximum absolute atomic E-state index is 13.0. The quantitative estimate of drug-likeness (QED) is 0.778. The third-order valence-electron chi connectivity index (χ3n) is 4.36. The van der Waals surface area contributed by atoms with Crippen molar-refractivity contribution >= 4 is 22.0 Å². The van der Waals surface area contributed by atoms with Crippen LogP contribution in [-0.4, -0.2) is 56.6 Å². The summed E-state index contributed by atoms with van der Waals surface area (Å²) in [4.78, 5) is 23.0. The van der Waals surface area contributed by atoms with E-state index in [4.69, 9.17) is 4.74 Å². The van der Waals surface area contributed by atoms with Crippen LogP contribution in [0.15, 0.2) is 23.1 Å². The Bertz CT molecular complexity index is 775. The highest BCUT2D eigenvalue weighted by Crippen LogP contribution is 2.30. The molecule has 2 unspecified atom stereocenters. The van der Waals surface area contributed by atoms with Gasteiger partial charge in [0.15, 0.2) is 0 Å². The number of benzene rings is 1. The number of nitrogens with zero attached hydrogens (tertiary/aromatic N) is 1. The molecular weight excluding hydrogens is 350 g/mol. The zero-order valence-corrected chi connectivity index (χ0v) is 15.1. The minimum atomic E-state index is -3.96. The van der Waals surface area contributed by atoms with Crippen molar-refractivity contribution in [3.8, 4) is 5.75 Å². The van der Waals surface area contributed by atoms with Gasteiger partial charge in [0.2, 0.25) is 10.0 Å². The highest BCUT2D eigenvalue weighted by Gasteiger charge is 2.37. The van der Waals surface area contributed by atoms with Gasteiger partial charge in [0, 0.05) is 12.6 Å². The zero-order chi connectivity index (χ0) is 18.8. The van der Waals surface area contributed by atoms with Gasteiger partial charge in [-0.05, 0) is 38.0 Å². The first kappa shape index (κ1) is 19.2. The highest BCUT2D eigenvalue weighted by atomic mass is 32.2. The second-order valence-corrected chi connectivity index (χ2v) is 7.78. The van der Waals surface area contributed by atoms with Gasteiger partial charge < -0.3 is 14.6 Å². The molecule has 1 aromatic rings. The fourth-order valence-corrected chi connectivity index (χ4v) is 4.60. The van der Waals surface area contributed by atoms with Gasteiger partial charge in [-0.2, -0.15) is 4.31 Å². The van der Waals surface area contributed by atoms with Gasteiger partial charge in [-0.3, -0.25) is 4.79 Å². The normalized spacial score (nSPS) is 21.6. The van der Waals surface area contributed by atoms with Crippen molar-refractivity contribution in [2.45, 2.75) is 30.7 Å². The lowest BCUT2D eigenvalue weighted by molar-refractivity contribution is -0.143. The Morgan fingerprint density at radius 3 is 2.48 bits per heavy atom. The largest absolute Gasteiger partial charge is 0.496 e. The summed E-state index contributed by atoms with van der Waals surface area (Å²) in [5, 5.41) is 9.20. The fourth-order valence-electron chi connectivity index (χ4n) is 2.86. The Morgan fingerprint density at radius 2 is 1.92 bits per heavy atom. The van der Waals surface area contributed by atoms with Crippen LogP contribution in [-0.2, 0) is 19.6 Å². The topological polar surface area (TPSA) is 110 Å². The fraction of sp³-hybridized carbons (Fsp3) is 0.500. The first-order valence-corrected chi connectivity index (χ1v) is 9.17. The number of piperidine rings is 1. The molecule has 1 heterocycles. The van der Waals surface area contributed by atoms with E-state index in [1.165, 1.54) is 36.7 Å². The molecule has 1 aliphatic heterocycles. The summed E-state index contributed by atoms with van der Waals surface area (Å²) < 4.78 is 36.8. The summed E-state index contributed by atoms with van der Waals surface area (Å²) >= 11 is 0. The van der Waals surface area contributed by atoms with Crippen molar-refractivity contribution in [1.82, 2.24) is 4.31 Å². The van der Waals surface area contributed by atoms with E-state index in [2.05, 4.69) is 4.74 Å². The number of aliphatic carboxylic acids is 1. The van der Waals surface area contributed by atoms with Crippen LogP contribution >= 0.6 is 0 Å². The molecule has 9 heteroatoms. The molecule has 0 bridgehead atoms. The second kappa shape index (κ2) is 7.40. The Morgan fingerprint density at radius 1 is 1.24 bits per heavy atom. The number of hydrogen-bond acceptors (Lipinski definition) is 6. The summed E-state index contributed by atoms with van der Waals surface area (Å²) in [5.74, 6) is -2.29. The molecular formula is C16H21NO7S. The van der Waals surface area contributed by atoms with Crippen LogP contribution in [0.3, 0.4) is 0 Å². The van der Waals surface area contributed by atoms with Crippen molar-refractivity contribution in [3.05, 3.63) is 23.8 Å². The second-order valence-electron chi connectivity index (χ2n) is 5.89. The molecule has 1 aromatic carbocycles. The monoisotopic (exact) mass is 371 g/mol. The van der Waals surface area contributed by atoms with Gasteiger partial charge in [-0.25, -0.2) is 13.2 Å². The third kappa shape index (κ3) is 3.77. The van der Waals surface area contributed by atoms with E-state index in [1.807, 2.05) is 0 Å². The number of carbonyl (C=O) groups excluding carboxylic acids is 1. The minimum Gasteiger partial charge on any atom is -0.496 e. The number of carboxylic acids is 1. The molecule has 1 N–H and O–H groups in total. The first-order valence-electron chi connectivity index (χ1n) is 7.73. The maximum Gasteiger partial charge on any atom is 0.341 e. The van der Waals surface area contributed by atoms with Crippen molar-refractivity contribution < 1.29 is 32.6 Å². The number of ether oxygens (including phenoxy) is 2. The molecule has 0 spiro atoms. The van der Waals surface area contributed by atoms with Crippen LogP contribution in [0.1, 0.15) is 30.1 Å². The number of hydrogen-bond donors (Lipinski definition) is 1. The van der Waals surface area contributed by atoms with Crippen LogP contribution in [0.25, 0.3) is 0 Å². The number of esters is 1. The number of carbonyl (C=O) groups is 2. The first-order chi connectivity index (χ1) is 11.7. The van der Waals surface area contributed by atoms with Crippen molar-refractivity contribution in [2.24, 2.45) is 5.92 Å². The standard InChI is InChI=1S/C16H21NO7S/c1-10-4-5-11(15(18)19)9-17(10)25(21,22)12-6-7-14(23-2)13(8-12)16(20)24-3/h6-8,10-11H,4-5,9H2,1-3H3,(H,18,19). The third-order valence-corrected chi connectivity index (χ3v) is 6.33. The van der Waals surface area contributed by atoms with Gasteiger partial charge in [0.25, 0.3) is 0 Å². The summed E-state index contributed by atoms with van der Waals surface area (Å²) in [6, 6.07) is 3.57. The predicted octanol–water partition coefficient (Wildman–Crippen LogP) is 1.36. The van der Waals surface area contributed by atoms with Gasteiger partial charge >= 0.3 is 11.9 Å². The average molecular weight is 371 g/mol. The summed E-state index contributed by atoms with van der Waals surface area (Å²) in [6.45, 7) is 1.64. The molecule has 0 aliphatic carbocycles. The molecule has 2 rings (SSSR count). The van der Waals surface area contributed by atoms with Crippen LogP contribution in [0.4, 0.5) is 0 Å². The van der Waals surface area contributed by atoms with E-state index in [1.54, 1.807) is 6.92 Å². The average Bonchev–Trinajstić information content (AvgIpc) is 2.60. The van der Waals surface area contributed by atoms with E-state index in [0.717, 1.165) is 0 Å². The van der Waals surface area contributed by atoms with Gasteiger partial charge in [-0.15, -0.1) is 0 Å². The molecule has 1 saturated heterocycles. The smallest absolute Gasteiger partial charge is 0.341 e. The molecule has 1 aliphatic rings.